The van der Waals surface area contributed by atoms with Crippen LogP contribution in [-0.2, 0) is 19.1 Å². The van der Waals surface area contributed by atoms with Crippen molar-refractivity contribution in [2.24, 2.45) is 5.92 Å². The molecule has 68 valence electrons. The Balaban J connectivity index is 2.51. The summed E-state index contributed by atoms with van der Waals surface area (Å²) in [6.45, 7) is 4.16. The first-order chi connectivity index (χ1) is 5.65. The summed E-state index contributed by atoms with van der Waals surface area (Å²) in [6.07, 6.45) is -0.0750. The van der Waals surface area contributed by atoms with Gasteiger partial charge in [-0.15, -0.1) is 0 Å². The summed E-state index contributed by atoms with van der Waals surface area (Å²) in [5.74, 6) is -1.31. The topological polar surface area (TPSA) is 52.6 Å². The largest absolute Gasteiger partial charge is 0.393 e. The summed E-state index contributed by atoms with van der Waals surface area (Å²) in [5, 5.41) is 0. The Labute approximate surface area is 70.8 Å². The molecule has 0 aromatic carbocycles. The molecule has 4 heteroatoms. The van der Waals surface area contributed by atoms with Crippen molar-refractivity contribution >= 4 is 11.9 Å². The summed E-state index contributed by atoms with van der Waals surface area (Å²) < 4.78 is 9.57. The summed E-state index contributed by atoms with van der Waals surface area (Å²) in [6, 6.07) is 0. The maximum atomic E-state index is 11.0. The van der Waals surface area contributed by atoms with Gasteiger partial charge in [0.25, 0.3) is 0 Å². The Bertz CT molecular complexity index is 199. The molecular weight excluding hydrogens is 160 g/mol. The van der Waals surface area contributed by atoms with Crippen LogP contribution in [0, 0.1) is 5.92 Å². The van der Waals surface area contributed by atoms with E-state index in [2.05, 4.69) is 4.74 Å². The Kier molecular flexibility index (Phi) is 2.81. The minimum atomic E-state index is -0.457. The molecule has 0 aliphatic carbocycles. The van der Waals surface area contributed by atoms with Crippen LogP contribution >= 0.6 is 0 Å². The van der Waals surface area contributed by atoms with Crippen LogP contribution < -0.4 is 0 Å². The van der Waals surface area contributed by atoms with E-state index in [1.54, 1.807) is 6.92 Å². The lowest BCUT2D eigenvalue weighted by Gasteiger charge is -2.13. The van der Waals surface area contributed by atoms with Crippen LogP contribution in [0.4, 0.5) is 0 Å². The molecule has 4 nitrogen and oxygen atoms in total. The molecule has 0 bridgehead atoms. The number of carbonyl (C=O) groups excluding carboxylic acids is 2. The summed E-state index contributed by atoms with van der Waals surface area (Å²) >= 11 is 0. The zero-order valence-corrected chi connectivity index (χ0v) is 7.20. The van der Waals surface area contributed by atoms with Crippen molar-refractivity contribution in [1.82, 2.24) is 0 Å². The van der Waals surface area contributed by atoms with Gasteiger partial charge in [0.05, 0.1) is 18.4 Å². The second-order valence-electron chi connectivity index (χ2n) is 2.76. The lowest BCUT2D eigenvalue weighted by molar-refractivity contribution is -0.154. The molecule has 1 aliphatic rings. The van der Waals surface area contributed by atoms with E-state index in [1.165, 1.54) is 0 Å². The minimum Gasteiger partial charge on any atom is -0.393 e. The second kappa shape index (κ2) is 3.67. The summed E-state index contributed by atoms with van der Waals surface area (Å²) in [5.41, 5.74) is 0. The van der Waals surface area contributed by atoms with Crippen LogP contribution in [0.1, 0.15) is 20.3 Å². The van der Waals surface area contributed by atoms with Gasteiger partial charge in [0.2, 0.25) is 0 Å². The van der Waals surface area contributed by atoms with Crippen LogP contribution in [0.5, 0.6) is 0 Å². The molecule has 0 spiro atoms. The average molecular weight is 172 g/mol. The first kappa shape index (κ1) is 9.19. The van der Waals surface area contributed by atoms with E-state index in [1.807, 2.05) is 6.92 Å². The van der Waals surface area contributed by atoms with Crippen LogP contribution in [0.25, 0.3) is 0 Å². The van der Waals surface area contributed by atoms with Crippen LogP contribution in [0.2, 0.25) is 0 Å². The molecule has 0 N–H and O–H groups in total. The Morgan fingerprint density at radius 2 is 2.33 bits per heavy atom. The Morgan fingerprint density at radius 1 is 1.67 bits per heavy atom. The van der Waals surface area contributed by atoms with E-state index < -0.39 is 17.9 Å². The van der Waals surface area contributed by atoms with Gasteiger partial charge in [-0.05, 0) is 13.8 Å². The van der Waals surface area contributed by atoms with Gasteiger partial charge in [0.15, 0.2) is 0 Å². The molecule has 1 saturated heterocycles. The third-order valence-electron chi connectivity index (χ3n) is 1.90. The number of hydrogen-bond acceptors (Lipinski definition) is 4. The monoisotopic (exact) mass is 172 g/mol. The van der Waals surface area contributed by atoms with Crippen LogP contribution in [-0.4, -0.2) is 24.6 Å². The fourth-order valence-corrected chi connectivity index (χ4v) is 1.23. The van der Waals surface area contributed by atoms with Crippen molar-refractivity contribution in [3.05, 3.63) is 0 Å². The van der Waals surface area contributed by atoms with Crippen molar-refractivity contribution in [2.45, 2.75) is 26.4 Å². The zero-order chi connectivity index (χ0) is 9.14. The van der Waals surface area contributed by atoms with Crippen molar-refractivity contribution < 1.29 is 19.1 Å². The third-order valence-corrected chi connectivity index (χ3v) is 1.90. The molecule has 1 aliphatic heterocycles. The predicted octanol–water partition coefficient (Wildman–Crippen LogP) is 0.501. The molecule has 0 amide bonds. The van der Waals surface area contributed by atoms with Gasteiger partial charge in [-0.1, -0.05) is 0 Å². The second-order valence-corrected chi connectivity index (χ2v) is 2.76. The molecule has 0 aromatic rings. The van der Waals surface area contributed by atoms with Crippen LogP contribution in [0.15, 0.2) is 0 Å². The van der Waals surface area contributed by atoms with E-state index in [-0.39, 0.29) is 12.5 Å². The van der Waals surface area contributed by atoms with E-state index in [0.29, 0.717) is 6.61 Å². The van der Waals surface area contributed by atoms with E-state index in [0.717, 1.165) is 0 Å². The van der Waals surface area contributed by atoms with Gasteiger partial charge in [-0.25, -0.2) is 0 Å². The number of esters is 2. The normalized spacial score (nSPS) is 25.7. The molecule has 1 heterocycles. The van der Waals surface area contributed by atoms with Crippen LogP contribution in [0.3, 0.4) is 0 Å². The first-order valence-electron chi connectivity index (χ1n) is 4.01. The summed E-state index contributed by atoms with van der Waals surface area (Å²) in [7, 11) is 0. The Morgan fingerprint density at radius 3 is 2.75 bits per heavy atom. The molecule has 1 fully saturated rings. The predicted molar refractivity (Wildman–Crippen MR) is 40.3 cm³/mol. The lowest BCUT2D eigenvalue weighted by Crippen LogP contribution is -2.24. The van der Waals surface area contributed by atoms with Crippen molar-refractivity contribution in [3.8, 4) is 0 Å². The molecule has 12 heavy (non-hydrogen) atoms. The number of carbonyl (C=O) groups is 2. The average Bonchev–Trinajstić information content (AvgIpc) is 2.30. The highest BCUT2D eigenvalue weighted by molar-refractivity contribution is 5.94. The molecule has 2 unspecified atom stereocenters. The number of cyclic esters (lactones) is 2. The fourth-order valence-electron chi connectivity index (χ4n) is 1.23. The lowest BCUT2D eigenvalue weighted by atomic mass is 10.0. The maximum absolute atomic E-state index is 11.0. The van der Waals surface area contributed by atoms with Gasteiger partial charge >= 0.3 is 11.9 Å². The quantitative estimate of drug-likeness (QED) is 0.459. The number of ether oxygens (including phenoxy) is 2. The minimum absolute atomic E-state index is 0.153. The van der Waals surface area contributed by atoms with E-state index in [4.69, 9.17) is 4.74 Å². The third kappa shape index (κ3) is 1.82. The smallest absolute Gasteiger partial charge is 0.319 e. The van der Waals surface area contributed by atoms with E-state index in [9.17, 15) is 9.59 Å². The number of rotatable bonds is 3. The molecule has 2 atom stereocenters. The zero-order valence-electron chi connectivity index (χ0n) is 7.20. The van der Waals surface area contributed by atoms with Gasteiger partial charge in [-0.2, -0.15) is 0 Å². The van der Waals surface area contributed by atoms with Gasteiger partial charge in [0.1, 0.15) is 0 Å². The molecule has 0 saturated carbocycles. The molecular formula is C8H12O4. The first-order valence-corrected chi connectivity index (χ1v) is 4.01. The summed E-state index contributed by atoms with van der Waals surface area (Å²) in [4.78, 5) is 21.7. The molecule has 0 aromatic heterocycles. The van der Waals surface area contributed by atoms with Gasteiger partial charge in [-0.3, -0.25) is 9.59 Å². The fraction of sp³-hybridized carbons (Fsp3) is 0.750. The molecule has 0 radical (unpaired) electrons. The van der Waals surface area contributed by atoms with Crippen molar-refractivity contribution in [3.63, 3.8) is 0 Å². The van der Waals surface area contributed by atoms with Crippen molar-refractivity contribution in [2.75, 3.05) is 6.61 Å². The Hall–Kier alpha value is -0.900. The number of hydrogen-bond donors (Lipinski definition) is 0. The maximum Gasteiger partial charge on any atom is 0.319 e. The van der Waals surface area contributed by atoms with Gasteiger partial charge < -0.3 is 9.47 Å². The highest BCUT2D eigenvalue weighted by Crippen LogP contribution is 2.21. The van der Waals surface area contributed by atoms with Gasteiger partial charge in [0, 0.05) is 6.61 Å². The highest BCUT2D eigenvalue weighted by Gasteiger charge is 2.37. The SMILES string of the molecule is CCOC(C)C1CC(=O)OC1=O. The molecule has 1 rings (SSSR count). The highest BCUT2D eigenvalue weighted by atomic mass is 16.6. The van der Waals surface area contributed by atoms with Crippen molar-refractivity contribution in [1.29, 1.82) is 0 Å². The van der Waals surface area contributed by atoms with E-state index >= 15 is 0 Å². The standard InChI is InChI=1S/C8H12O4/c1-3-11-5(2)6-4-7(9)12-8(6)10/h5-6H,3-4H2,1-2H3.